The number of nitrogens with zero attached hydrogens (tertiary/aromatic N) is 2. The van der Waals surface area contributed by atoms with Gasteiger partial charge in [0.2, 0.25) is 5.88 Å². The monoisotopic (exact) mass is 364 g/mol. The van der Waals surface area contributed by atoms with Gasteiger partial charge in [-0.05, 0) is 36.6 Å². The minimum atomic E-state index is -0.389. The molecule has 27 heavy (non-hydrogen) atoms. The van der Waals surface area contributed by atoms with Crippen LogP contribution in [0.1, 0.15) is 34.8 Å². The van der Waals surface area contributed by atoms with Crippen LogP contribution in [0.15, 0.2) is 53.5 Å². The molecular formula is C20H20N4O3. The van der Waals surface area contributed by atoms with E-state index < -0.39 is 0 Å². The first-order valence-electron chi connectivity index (χ1n) is 8.45. The number of hydrogen-bond acceptors (Lipinski definition) is 5. The molecule has 1 aromatic carbocycles. The van der Waals surface area contributed by atoms with E-state index in [2.05, 4.69) is 20.3 Å². The summed E-state index contributed by atoms with van der Waals surface area (Å²) in [5.41, 5.74) is 2.70. The van der Waals surface area contributed by atoms with Crippen molar-refractivity contribution in [1.82, 2.24) is 20.3 Å². The Kier molecular flexibility index (Phi) is 5.30. The molecule has 2 heterocycles. The van der Waals surface area contributed by atoms with Crippen LogP contribution in [0.2, 0.25) is 0 Å². The van der Waals surface area contributed by atoms with E-state index in [4.69, 9.17) is 4.74 Å². The molecule has 0 fully saturated rings. The summed E-state index contributed by atoms with van der Waals surface area (Å²) in [6.45, 7) is 3.51. The number of aromatic nitrogens is 3. The molecule has 7 nitrogen and oxygen atoms in total. The summed E-state index contributed by atoms with van der Waals surface area (Å²) in [6, 6.07) is 12.6. The standard InChI is InChI=1S/C20H20N4O3/c1-12(22-20(26)17-11-18(25)24-13(2)23-17)14-4-6-15(7-5-14)16-8-9-21-19(10-16)27-3/h4-12H,1-3H3,(H,22,26)(H,23,24,25)/t12-/m1/s1. The molecule has 0 spiro atoms. The maximum absolute atomic E-state index is 12.3. The normalized spacial score (nSPS) is 11.7. The van der Waals surface area contributed by atoms with E-state index >= 15 is 0 Å². The molecule has 2 N–H and O–H groups in total. The molecule has 0 saturated heterocycles. The number of carbonyl (C=O) groups excluding carboxylic acids is 1. The van der Waals surface area contributed by atoms with Crippen LogP contribution in [-0.4, -0.2) is 28.0 Å². The molecule has 0 saturated carbocycles. The summed E-state index contributed by atoms with van der Waals surface area (Å²) in [4.78, 5) is 34.5. The van der Waals surface area contributed by atoms with Gasteiger partial charge >= 0.3 is 0 Å². The van der Waals surface area contributed by atoms with Gasteiger partial charge in [-0.1, -0.05) is 24.3 Å². The van der Waals surface area contributed by atoms with Crippen molar-refractivity contribution in [2.75, 3.05) is 7.11 Å². The van der Waals surface area contributed by atoms with Crippen molar-refractivity contribution in [2.24, 2.45) is 0 Å². The fourth-order valence-electron chi connectivity index (χ4n) is 2.71. The molecule has 1 atom stereocenters. The molecule has 7 heteroatoms. The van der Waals surface area contributed by atoms with E-state index in [0.717, 1.165) is 16.7 Å². The van der Waals surface area contributed by atoms with Gasteiger partial charge in [0.25, 0.3) is 11.5 Å². The van der Waals surface area contributed by atoms with Gasteiger partial charge in [-0.2, -0.15) is 0 Å². The lowest BCUT2D eigenvalue weighted by molar-refractivity contribution is 0.0934. The molecule has 138 valence electrons. The quantitative estimate of drug-likeness (QED) is 0.725. The number of benzene rings is 1. The lowest BCUT2D eigenvalue weighted by Crippen LogP contribution is -2.29. The number of pyridine rings is 1. The van der Waals surface area contributed by atoms with Crippen molar-refractivity contribution in [2.45, 2.75) is 19.9 Å². The van der Waals surface area contributed by atoms with Gasteiger partial charge in [-0.3, -0.25) is 9.59 Å². The van der Waals surface area contributed by atoms with Crippen molar-refractivity contribution >= 4 is 5.91 Å². The summed E-state index contributed by atoms with van der Waals surface area (Å²) in [7, 11) is 1.58. The minimum Gasteiger partial charge on any atom is -0.481 e. The largest absolute Gasteiger partial charge is 0.481 e. The highest BCUT2D eigenvalue weighted by atomic mass is 16.5. The Labute approximate surface area is 156 Å². The van der Waals surface area contributed by atoms with E-state index in [1.165, 1.54) is 6.07 Å². The number of nitrogens with one attached hydrogen (secondary N) is 2. The highest BCUT2D eigenvalue weighted by molar-refractivity contribution is 5.92. The van der Waals surface area contributed by atoms with Crippen LogP contribution in [0.25, 0.3) is 11.1 Å². The average molecular weight is 364 g/mol. The number of aryl methyl sites for hydroxylation is 1. The van der Waals surface area contributed by atoms with Gasteiger partial charge < -0.3 is 15.0 Å². The summed E-state index contributed by atoms with van der Waals surface area (Å²) in [5, 5.41) is 2.86. The lowest BCUT2D eigenvalue weighted by atomic mass is 10.0. The molecule has 0 aliphatic heterocycles. The predicted molar refractivity (Wildman–Crippen MR) is 102 cm³/mol. The van der Waals surface area contributed by atoms with Crippen LogP contribution in [0, 0.1) is 6.92 Å². The zero-order chi connectivity index (χ0) is 19.4. The first kappa shape index (κ1) is 18.3. The van der Waals surface area contributed by atoms with Crippen molar-refractivity contribution in [3.63, 3.8) is 0 Å². The number of aromatic amines is 1. The number of ether oxygens (including phenoxy) is 1. The molecule has 1 amide bonds. The number of rotatable bonds is 5. The maximum Gasteiger partial charge on any atom is 0.270 e. The molecule has 0 radical (unpaired) electrons. The lowest BCUT2D eigenvalue weighted by Gasteiger charge is -2.15. The van der Waals surface area contributed by atoms with Crippen molar-refractivity contribution in [3.05, 3.63) is 76.1 Å². The fraction of sp³-hybridized carbons (Fsp3) is 0.200. The summed E-state index contributed by atoms with van der Waals surface area (Å²) < 4.78 is 5.15. The first-order valence-corrected chi connectivity index (χ1v) is 8.45. The zero-order valence-electron chi connectivity index (χ0n) is 15.3. The Bertz CT molecular complexity index is 1010. The van der Waals surface area contributed by atoms with Gasteiger partial charge in [-0.15, -0.1) is 0 Å². The van der Waals surface area contributed by atoms with E-state index in [1.54, 1.807) is 20.2 Å². The molecule has 3 aromatic rings. The van der Waals surface area contributed by atoms with Crippen molar-refractivity contribution in [1.29, 1.82) is 0 Å². The third kappa shape index (κ3) is 4.38. The smallest absolute Gasteiger partial charge is 0.270 e. The van der Waals surface area contributed by atoms with E-state index in [1.807, 2.05) is 43.3 Å². The Morgan fingerprint density at radius 1 is 1.15 bits per heavy atom. The van der Waals surface area contributed by atoms with E-state index in [9.17, 15) is 9.59 Å². The average Bonchev–Trinajstić information content (AvgIpc) is 2.67. The van der Waals surface area contributed by atoms with Crippen molar-refractivity contribution in [3.8, 4) is 17.0 Å². The molecule has 0 unspecified atom stereocenters. The number of carbonyl (C=O) groups is 1. The summed E-state index contributed by atoms with van der Waals surface area (Å²) in [6.07, 6.45) is 1.70. The van der Waals surface area contributed by atoms with Crippen LogP contribution >= 0.6 is 0 Å². The van der Waals surface area contributed by atoms with E-state index in [0.29, 0.717) is 11.7 Å². The Hall–Kier alpha value is -3.48. The zero-order valence-corrected chi connectivity index (χ0v) is 15.3. The molecular weight excluding hydrogens is 344 g/mol. The molecule has 0 bridgehead atoms. The van der Waals surface area contributed by atoms with Crippen LogP contribution in [0.5, 0.6) is 5.88 Å². The van der Waals surface area contributed by atoms with Crippen LogP contribution < -0.4 is 15.6 Å². The SMILES string of the molecule is COc1cc(-c2ccc([C@@H](C)NC(=O)c3cc(=O)[nH]c(C)n3)cc2)ccn1. The van der Waals surface area contributed by atoms with E-state index in [-0.39, 0.29) is 23.2 Å². The maximum atomic E-state index is 12.3. The highest BCUT2D eigenvalue weighted by Crippen LogP contribution is 2.24. The Morgan fingerprint density at radius 3 is 2.56 bits per heavy atom. The van der Waals surface area contributed by atoms with Gasteiger partial charge in [0, 0.05) is 18.3 Å². The number of amides is 1. The molecule has 0 aliphatic rings. The molecule has 3 rings (SSSR count). The van der Waals surface area contributed by atoms with Gasteiger partial charge in [0.15, 0.2) is 0 Å². The van der Waals surface area contributed by atoms with Gasteiger partial charge in [0.1, 0.15) is 11.5 Å². The highest BCUT2D eigenvalue weighted by Gasteiger charge is 2.14. The number of methoxy groups -OCH3 is 1. The topological polar surface area (TPSA) is 97.0 Å². The Balaban J connectivity index is 1.74. The second-order valence-corrected chi connectivity index (χ2v) is 6.12. The fourth-order valence-corrected chi connectivity index (χ4v) is 2.71. The van der Waals surface area contributed by atoms with Gasteiger partial charge in [0.05, 0.1) is 13.2 Å². The summed E-state index contributed by atoms with van der Waals surface area (Å²) >= 11 is 0. The summed E-state index contributed by atoms with van der Waals surface area (Å²) in [5.74, 6) is 0.565. The second-order valence-electron chi connectivity index (χ2n) is 6.12. The molecule has 0 aliphatic carbocycles. The third-order valence-corrected chi connectivity index (χ3v) is 4.13. The predicted octanol–water partition coefficient (Wildman–Crippen LogP) is 2.64. The number of hydrogen-bond donors (Lipinski definition) is 2. The Morgan fingerprint density at radius 2 is 1.89 bits per heavy atom. The third-order valence-electron chi connectivity index (χ3n) is 4.13. The first-order chi connectivity index (χ1) is 13.0. The van der Waals surface area contributed by atoms with Crippen LogP contribution in [0.4, 0.5) is 0 Å². The number of H-pyrrole nitrogens is 1. The van der Waals surface area contributed by atoms with Crippen LogP contribution in [-0.2, 0) is 0 Å². The van der Waals surface area contributed by atoms with Crippen LogP contribution in [0.3, 0.4) is 0 Å². The second kappa shape index (κ2) is 7.82. The van der Waals surface area contributed by atoms with Gasteiger partial charge in [-0.25, -0.2) is 9.97 Å². The minimum absolute atomic E-state index is 0.101. The molecule has 2 aromatic heterocycles. The van der Waals surface area contributed by atoms with Crippen molar-refractivity contribution < 1.29 is 9.53 Å².